The Kier molecular flexibility index (Phi) is 3.29. The molecule has 3 N–H and O–H groups in total. The van der Waals surface area contributed by atoms with Gasteiger partial charge in [0, 0.05) is 11.5 Å². The molecule has 0 spiro atoms. The van der Waals surface area contributed by atoms with Gasteiger partial charge in [0.1, 0.15) is 0 Å². The number of nitrogens with one attached hydrogen (secondary N) is 1. The van der Waals surface area contributed by atoms with Gasteiger partial charge in [0.25, 0.3) is 12.8 Å². The van der Waals surface area contributed by atoms with Gasteiger partial charge in [-0.25, -0.2) is 4.39 Å². The summed E-state index contributed by atoms with van der Waals surface area (Å²) in [5.41, 5.74) is 11.5. The van der Waals surface area contributed by atoms with E-state index < -0.39 is 18.5 Å². The summed E-state index contributed by atoms with van der Waals surface area (Å²) in [4.78, 5) is 18.3. The van der Waals surface area contributed by atoms with Crippen molar-refractivity contribution in [3.63, 3.8) is 0 Å². The molecule has 0 atom stereocenters. The van der Waals surface area contributed by atoms with Gasteiger partial charge in [-0.3, -0.25) is 10.5 Å². The van der Waals surface area contributed by atoms with Crippen molar-refractivity contribution in [1.29, 1.82) is 0 Å². The first kappa shape index (κ1) is 10.3. The Bertz CT molecular complexity index is 365. The molecule has 0 saturated carbocycles. The van der Waals surface area contributed by atoms with Crippen LogP contribution in [0, 0.1) is 0 Å². The van der Waals surface area contributed by atoms with E-state index in [9.17, 15) is 9.18 Å². The molecule has 9 heteroatoms. The molecule has 0 bridgehead atoms. The molecule has 0 aromatic carbocycles. The van der Waals surface area contributed by atoms with Crippen LogP contribution in [-0.2, 0) is 9.63 Å². The quantitative estimate of drug-likeness (QED) is 0.544. The highest BCUT2D eigenvalue weighted by Gasteiger charge is 2.17. The van der Waals surface area contributed by atoms with E-state index in [-0.39, 0.29) is 11.0 Å². The number of aromatic nitrogens is 2. The van der Waals surface area contributed by atoms with Gasteiger partial charge in [0.05, 0.1) is 0 Å². The predicted molar refractivity (Wildman–Crippen MR) is 46.0 cm³/mol. The van der Waals surface area contributed by atoms with Crippen LogP contribution >= 0.6 is 11.5 Å². The van der Waals surface area contributed by atoms with Crippen LogP contribution in [0.5, 0.6) is 0 Å². The number of halogens is 1. The van der Waals surface area contributed by atoms with Crippen LogP contribution in [0.4, 0.5) is 9.52 Å². The number of oxime groups is 1. The number of carbonyl (C=O) groups excluding carboxylic acids is 1. The van der Waals surface area contributed by atoms with Crippen molar-refractivity contribution in [3.8, 4) is 0 Å². The number of carbonyl (C=O) groups is 1. The van der Waals surface area contributed by atoms with E-state index in [2.05, 4.69) is 19.4 Å². The van der Waals surface area contributed by atoms with Crippen LogP contribution < -0.4 is 11.5 Å². The molecular weight excluding hydrogens is 213 g/mol. The highest BCUT2D eigenvalue weighted by Crippen LogP contribution is 2.06. The summed E-state index contributed by atoms with van der Waals surface area (Å²) in [6.45, 7) is -1.20. The average Bonchev–Trinajstić information content (AvgIpc) is 2.52. The lowest BCUT2D eigenvalue weighted by molar-refractivity contribution is -0.112. The Hall–Kier alpha value is -1.77. The van der Waals surface area contributed by atoms with E-state index in [1.165, 1.54) is 0 Å². The summed E-state index contributed by atoms with van der Waals surface area (Å²) in [5, 5.41) is 3.18. The first-order chi connectivity index (χ1) is 6.65. The Labute approximate surface area is 81.7 Å². The molecule has 0 aliphatic heterocycles. The number of rotatable bonds is 4. The van der Waals surface area contributed by atoms with Crippen molar-refractivity contribution >= 4 is 28.3 Å². The lowest BCUT2D eigenvalue weighted by Crippen LogP contribution is -2.18. The highest BCUT2D eigenvalue weighted by molar-refractivity contribution is 7.09. The van der Waals surface area contributed by atoms with Crippen molar-refractivity contribution in [3.05, 3.63) is 5.82 Å². The van der Waals surface area contributed by atoms with Crippen molar-refractivity contribution in [1.82, 2.24) is 15.1 Å². The molecule has 0 aliphatic rings. The number of anilines is 1. The largest absolute Gasteiger partial charge is 0.374 e. The lowest BCUT2D eigenvalue weighted by atomic mass is 10.3. The molecule has 0 unspecified atom stereocenters. The fourth-order valence-corrected chi connectivity index (χ4v) is 1.04. The standard InChI is InChI=1S/C5H5FN5O2S/c6-1-13-10-2(3(7)12)4-9-5(8)14-11-4/h7H,1H2,(H2,8,9,11). The van der Waals surface area contributed by atoms with E-state index in [4.69, 9.17) is 11.5 Å². The van der Waals surface area contributed by atoms with Crippen LogP contribution in [0.1, 0.15) is 5.82 Å². The zero-order valence-electron chi connectivity index (χ0n) is 6.73. The molecule has 0 fully saturated rings. The van der Waals surface area contributed by atoms with Crippen molar-refractivity contribution < 1.29 is 14.0 Å². The third-order valence-electron chi connectivity index (χ3n) is 1.07. The van der Waals surface area contributed by atoms with Crippen LogP contribution in [0.3, 0.4) is 0 Å². The van der Waals surface area contributed by atoms with Crippen LogP contribution in [0.15, 0.2) is 5.16 Å². The highest BCUT2D eigenvalue weighted by atomic mass is 32.1. The van der Waals surface area contributed by atoms with Gasteiger partial charge in [0.2, 0.25) is 11.5 Å². The molecule has 1 amide bonds. The number of nitrogens with two attached hydrogens (primary N) is 1. The Morgan fingerprint density at radius 2 is 2.50 bits per heavy atom. The van der Waals surface area contributed by atoms with E-state index in [1.807, 2.05) is 0 Å². The van der Waals surface area contributed by atoms with Gasteiger partial charge in [0.15, 0.2) is 5.13 Å². The average molecular weight is 218 g/mol. The Morgan fingerprint density at radius 1 is 1.79 bits per heavy atom. The van der Waals surface area contributed by atoms with Crippen LogP contribution in [0.2, 0.25) is 0 Å². The first-order valence-corrected chi connectivity index (χ1v) is 4.04. The number of hydrogen-bond acceptors (Lipinski definition) is 7. The second-order valence-electron chi connectivity index (χ2n) is 1.96. The van der Waals surface area contributed by atoms with E-state index >= 15 is 0 Å². The summed E-state index contributed by atoms with van der Waals surface area (Å²) in [7, 11) is 0. The molecule has 0 aliphatic carbocycles. The SMILES string of the molecule is [NH]C(=O)C(=NOCF)c1nsc(N)n1. The lowest BCUT2D eigenvalue weighted by Gasteiger charge is -1.94. The molecule has 1 aromatic rings. The van der Waals surface area contributed by atoms with Gasteiger partial charge in [-0.15, -0.1) is 0 Å². The number of alkyl halides is 1. The molecule has 1 rings (SSSR count). The number of hydrogen-bond donors (Lipinski definition) is 1. The summed E-state index contributed by atoms with van der Waals surface area (Å²) in [6.07, 6.45) is 0. The second-order valence-corrected chi connectivity index (χ2v) is 2.75. The van der Waals surface area contributed by atoms with Gasteiger partial charge >= 0.3 is 0 Å². The zero-order valence-corrected chi connectivity index (χ0v) is 7.55. The summed E-state index contributed by atoms with van der Waals surface area (Å²) < 4.78 is 15.2. The van der Waals surface area contributed by atoms with Crippen molar-refractivity contribution in [2.24, 2.45) is 5.16 Å². The molecule has 1 aromatic heterocycles. The van der Waals surface area contributed by atoms with Gasteiger partial charge < -0.3 is 10.6 Å². The molecule has 75 valence electrons. The maximum atomic E-state index is 11.6. The Balaban J connectivity index is 2.94. The normalized spacial score (nSPS) is 11.4. The van der Waals surface area contributed by atoms with E-state index in [0.717, 1.165) is 11.5 Å². The summed E-state index contributed by atoms with van der Waals surface area (Å²) >= 11 is 0.835. The summed E-state index contributed by atoms with van der Waals surface area (Å²) in [6, 6.07) is 0. The monoisotopic (exact) mass is 218 g/mol. The van der Waals surface area contributed by atoms with Gasteiger partial charge in [-0.05, 0) is 0 Å². The summed E-state index contributed by atoms with van der Waals surface area (Å²) in [5.74, 6) is -1.31. The maximum absolute atomic E-state index is 11.6. The minimum atomic E-state index is -1.20. The smallest absolute Gasteiger partial charge is 0.295 e. The maximum Gasteiger partial charge on any atom is 0.295 e. The Morgan fingerprint density at radius 3 is 2.93 bits per heavy atom. The molecule has 0 saturated heterocycles. The molecule has 14 heavy (non-hydrogen) atoms. The van der Waals surface area contributed by atoms with Crippen LogP contribution in [0.25, 0.3) is 0 Å². The van der Waals surface area contributed by atoms with Crippen molar-refractivity contribution in [2.45, 2.75) is 0 Å². The minimum Gasteiger partial charge on any atom is -0.374 e. The number of nitrogens with zero attached hydrogens (tertiary/aromatic N) is 3. The zero-order chi connectivity index (χ0) is 10.6. The van der Waals surface area contributed by atoms with E-state index in [1.54, 1.807) is 0 Å². The molecule has 1 radical (unpaired) electrons. The predicted octanol–water partition coefficient (Wildman–Crippen LogP) is -0.423. The second kappa shape index (κ2) is 4.46. The fourth-order valence-electron chi connectivity index (χ4n) is 0.604. The number of amides is 1. The van der Waals surface area contributed by atoms with Gasteiger partial charge in [-0.2, -0.15) is 9.36 Å². The fraction of sp³-hybridized carbons (Fsp3) is 0.200. The van der Waals surface area contributed by atoms with Crippen LogP contribution in [-0.4, -0.2) is 27.8 Å². The number of nitrogen functional groups attached to an aromatic ring is 1. The minimum absolute atomic E-state index is 0.120. The molecule has 7 nitrogen and oxygen atoms in total. The molecule has 1 heterocycles. The topological polar surface area (TPSA) is 114 Å². The third kappa shape index (κ3) is 2.36. The van der Waals surface area contributed by atoms with Crippen molar-refractivity contribution in [2.75, 3.05) is 12.6 Å². The van der Waals surface area contributed by atoms with Gasteiger partial charge in [-0.1, -0.05) is 5.16 Å². The third-order valence-corrected chi connectivity index (χ3v) is 1.62. The van der Waals surface area contributed by atoms with E-state index in [0.29, 0.717) is 0 Å². The molecular formula is C5H5FN5O2S. The first-order valence-electron chi connectivity index (χ1n) is 3.26.